The summed E-state index contributed by atoms with van der Waals surface area (Å²) in [6, 6.07) is 7.53. The molecule has 2 amide bonds. The largest absolute Gasteiger partial charge is 0.493 e. The minimum absolute atomic E-state index is 0.00464. The molecule has 4 bridgehead atoms. The van der Waals surface area contributed by atoms with Crippen molar-refractivity contribution < 1.29 is 19.1 Å². The van der Waals surface area contributed by atoms with E-state index in [4.69, 9.17) is 9.47 Å². The Bertz CT molecular complexity index is 795. The maximum Gasteiger partial charge on any atom is 0.260 e. The second-order valence-electron chi connectivity index (χ2n) is 10.3. The van der Waals surface area contributed by atoms with Crippen molar-refractivity contribution in [1.82, 2.24) is 10.2 Å². The molecule has 1 saturated heterocycles. The van der Waals surface area contributed by atoms with Gasteiger partial charge in [0.25, 0.3) is 5.91 Å². The molecule has 6 nitrogen and oxygen atoms in total. The third-order valence-corrected chi connectivity index (χ3v) is 8.12. The molecule has 0 atom stereocenters. The van der Waals surface area contributed by atoms with Crippen molar-refractivity contribution in [3.63, 3.8) is 0 Å². The molecule has 4 aliphatic carbocycles. The van der Waals surface area contributed by atoms with Crippen LogP contribution in [0.15, 0.2) is 24.3 Å². The lowest BCUT2D eigenvalue weighted by Gasteiger charge is -2.56. The first-order valence-electron chi connectivity index (χ1n) is 11.9. The molecule has 168 valence electrons. The number of hydrogen-bond acceptors (Lipinski definition) is 4. The molecule has 31 heavy (non-hydrogen) atoms. The Morgan fingerprint density at radius 3 is 2.16 bits per heavy atom. The van der Waals surface area contributed by atoms with Gasteiger partial charge in [0.1, 0.15) is 0 Å². The van der Waals surface area contributed by atoms with E-state index in [1.54, 1.807) is 13.2 Å². The zero-order chi connectivity index (χ0) is 21.4. The predicted octanol–water partition coefficient (Wildman–Crippen LogP) is 3.40. The predicted molar refractivity (Wildman–Crippen MR) is 117 cm³/mol. The van der Waals surface area contributed by atoms with Gasteiger partial charge in [-0.2, -0.15) is 0 Å². The molecule has 5 aliphatic rings. The van der Waals surface area contributed by atoms with Gasteiger partial charge < -0.3 is 19.7 Å². The lowest BCUT2D eigenvalue weighted by Crippen LogP contribution is -2.56. The summed E-state index contributed by atoms with van der Waals surface area (Å²) >= 11 is 0. The molecule has 0 unspecified atom stereocenters. The Balaban J connectivity index is 1.10. The second kappa shape index (κ2) is 8.36. The third kappa shape index (κ3) is 4.13. The number of nitrogens with zero attached hydrogens (tertiary/aromatic N) is 1. The van der Waals surface area contributed by atoms with E-state index < -0.39 is 0 Å². The molecule has 0 radical (unpaired) electrons. The topological polar surface area (TPSA) is 67.9 Å². The van der Waals surface area contributed by atoms with Gasteiger partial charge in [-0.3, -0.25) is 9.59 Å². The van der Waals surface area contributed by atoms with Crippen LogP contribution in [0, 0.1) is 23.2 Å². The molecule has 1 heterocycles. The molecule has 0 spiro atoms. The van der Waals surface area contributed by atoms with Crippen LogP contribution < -0.4 is 14.8 Å². The number of methoxy groups -OCH3 is 1. The first-order valence-corrected chi connectivity index (χ1v) is 11.9. The highest BCUT2D eigenvalue weighted by Gasteiger charge is 2.54. The minimum atomic E-state index is -0.0930. The van der Waals surface area contributed by atoms with Crippen LogP contribution in [0.25, 0.3) is 0 Å². The summed E-state index contributed by atoms with van der Waals surface area (Å²) in [4.78, 5) is 27.7. The van der Waals surface area contributed by atoms with Crippen LogP contribution in [-0.2, 0) is 9.59 Å². The third-order valence-electron chi connectivity index (χ3n) is 8.12. The van der Waals surface area contributed by atoms with Crippen molar-refractivity contribution in [2.24, 2.45) is 23.2 Å². The molecule has 1 aromatic carbocycles. The zero-order valence-electron chi connectivity index (χ0n) is 18.5. The van der Waals surface area contributed by atoms with E-state index in [0.29, 0.717) is 30.5 Å². The Kier molecular flexibility index (Phi) is 5.57. The van der Waals surface area contributed by atoms with Gasteiger partial charge in [-0.05, 0) is 81.3 Å². The minimum Gasteiger partial charge on any atom is -0.493 e. The Morgan fingerprint density at radius 2 is 1.58 bits per heavy atom. The van der Waals surface area contributed by atoms with E-state index in [2.05, 4.69) is 5.32 Å². The van der Waals surface area contributed by atoms with Crippen LogP contribution in [0.2, 0.25) is 0 Å². The van der Waals surface area contributed by atoms with E-state index in [9.17, 15) is 9.59 Å². The highest BCUT2D eigenvalue weighted by Crippen LogP contribution is 2.60. The fraction of sp³-hybridized carbons (Fsp3) is 0.680. The number of benzene rings is 1. The van der Waals surface area contributed by atoms with Crippen LogP contribution in [0.1, 0.15) is 51.4 Å². The molecule has 0 aromatic heterocycles. The van der Waals surface area contributed by atoms with Gasteiger partial charge in [0, 0.05) is 24.5 Å². The van der Waals surface area contributed by atoms with Gasteiger partial charge in [0.15, 0.2) is 18.1 Å². The average molecular weight is 427 g/mol. The molecule has 1 aliphatic heterocycles. The number of amides is 2. The van der Waals surface area contributed by atoms with Crippen molar-refractivity contribution in [2.45, 2.75) is 57.4 Å². The quantitative estimate of drug-likeness (QED) is 0.757. The number of para-hydroxylation sites is 2. The number of ether oxygens (including phenoxy) is 2. The summed E-state index contributed by atoms with van der Waals surface area (Å²) in [6.07, 6.45) is 8.99. The van der Waals surface area contributed by atoms with Crippen LogP contribution in [0.3, 0.4) is 0 Å². The summed E-state index contributed by atoms with van der Waals surface area (Å²) in [5.41, 5.74) is -0.0930. The summed E-state index contributed by atoms with van der Waals surface area (Å²) in [7, 11) is 1.59. The second-order valence-corrected chi connectivity index (χ2v) is 10.3. The molecule has 4 saturated carbocycles. The van der Waals surface area contributed by atoms with Crippen LogP contribution >= 0.6 is 0 Å². The normalized spacial score (nSPS) is 32.0. The Hall–Kier alpha value is -2.24. The van der Waals surface area contributed by atoms with E-state index in [0.717, 1.165) is 49.9 Å². The number of carbonyl (C=O) groups is 2. The van der Waals surface area contributed by atoms with Crippen molar-refractivity contribution in [3.05, 3.63) is 24.3 Å². The first-order chi connectivity index (χ1) is 15.0. The van der Waals surface area contributed by atoms with Gasteiger partial charge in [-0.1, -0.05) is 12.1 Å². The summed E-state index contributed by atoms with van der Waals surface area (Å²) in [5.74, 6) is 3.82. The fourth-order valence-electron chi connectivity index (χ4n) is 6.97. The average Bonchev–Trinajstić information content (AvgIpc) is 2.77. The van der Waals surface area contributed by atoms with E-state index >= 15 is 0 Å². The van der Waals surface area contributed by atoms with E-state index in [1.165, 1.54) is 19.3 Å². The lowest BCUT2D eigenvalue weighted by molar-refractivity contribution is -0.147. The van der Waals surface area contributed by atoms with Gasteiger partial charge in [-0.25, -0.2) is 0 Å². The summed E-state index contributed by atoms with van der Waals surface area (Å²) < 4.78 is 11.0. The molecule has 6 heteroatoms. The maximum atomic E-state index is 13.3. The van der Waals surface area contributed by atoms with Crippen molar-refractivity contribution in [1.29, 1.82) is 0 Å². The molecule has 5 fully saturated rings. The standard InChI is InChI=1S/C25H34N2O4/c1-30-21-4-2-3-5-22(21)31-16-23(28)27-8-6-20(7-9-27)26-24(29)25-13-17-10-18(14-25)12-19(11-17)15-25/h2-5,17-20H,6-16H2,1H3,(H,26,29). The van der Waals surface area contributed by atoms with Gasteiger partial charge in [0.2, 0.25) is 5.91 Å². The van der Waals surface area contributed by atoms with Crippen LogP contribution in [0.4, 0.5) is 0 Å². The Labute approximate surface area is 184 Å². The number of rotatable bonds is 6. The highest BCUT2D eigenvalue weighted by atomic mass is 16.5. The first kappa shape index (κ1) is 20.7. The smallest absolute Gasteiger partial charge is 0.260 e. The molecular weight excluding hydrogens is 392 g/mol. The monoisotopic (exact) mass is 426 g/mol. The molecular formula is C25H34N2O4. The van der Waals surface area contributed by atoms with Crippen molar-refractivity contribution in [3.8, 4) is 11.5 Å². The SMILES string of the molecule is COc1ccccc1OCC(=O)N1CCC(NC(=O)C23CC4CC(CC(C4)C2)C3)CC1. The number of piperidine rings is 1. The Morgan fingerprint density at radius 1 is 1.00 bits per heavy atom. The van der Waals surface area contributed by atoms with Crippen LogP contribution in [0.5, 0.6) is 11.5 Å². The van der Waals surface area contributed by atoms with Gasteiger partial charge >= 0.3 is 0 Å². The van der Waals surface area contributed by atoms with Crippen molar-refractivity contribution in [2.75, 3.05) is 26.8 Å². The highest BCUT2D eigenvalue weighted by molar-refractivity contribution is 5.83. The molecule has 6 rings (SSSR count). The fourth-order valence-corrected chi connectivity index (χ4v) is 6.97. The van der Waals surface area contributed by atoms with E-state index in [1.807, 2.05) is 23.1 Å². The van der Waals surface area contributed by atoms with Gasteiger partial charge in [-0.15, -0.1) is 0 Å². The number of likely N-dealkylation sites (tertiary alicyclic amines) is 1. The lowest BCUT2D eigenvalue weighted by atomic mass is 9.49. The van der Waals surface area contributed by atoms with Crippen LogP contribution in [-0.4, -0.2) is 49.6 Å². The number of carbonyl (C=O) groups excluding carboxylic acids is 2. The van der Waals surface area contributed by atoms with E-state index in [-0.39, 0.29) is 24.0 Å². The maximum absolute atomic E-state index is 13.3. The van der Waals surface area contributed by atoms with Gasteiger partial charge in [0.05, 0.1) is 7.11 Å². The summed E-state index contributed by atoms with van der Waals surface area (Å²) in [6.45, 7) is 1.34. The molecule has 1 aromatic rings. The van der Waals surface area contributed by atoms with Crippen molar-refractivity contribution >= 4 is 11.8 Å². The number of nitrogens with one attached hydrogen (secondary N) is 1. The number of hydrogen-bond donors (Lipinski definition) is 1. The zero-order valence-corrected chi connectivity index (χ0v) is 18.5. The molecule has 1 N–H and O–H groups in total. The summed E-state index contributed by atoms with van der Waals surface area (Å²) in [5, 5.41) is 3.38.